The highest BCUT2D eigenvalue weighted by molar-refractivity contribution is 7.78. The van der Waals surface area contributed by atoms with Gasteiger partial charge in [-0.3, -0.25) is 0 Å². The third-order valence-corrected chi connectivity index (χ3v) is 1.93. The molecule has 1 nitrogen and oxygen atoms in total. The fourth-order valence-corrected chi connectivity index (χ4v) is 1.21. The van der Waals surface area contributed by atoms with Gasteiger partial charge in [0.15, 0.2) is 0 Å². The second-order valence-electron chi connectivity index (χ2n) is 2.68. The Balaban J connectivity index is 3.11. The maximum Gasteiger partial charge on any atom is 0.0768 e. The Labute approximate surface area is 78.1 Å². The highest BCUT2D eigenvalue weighted by Gasteiger charge is 1.95. The average Bonchev–Trinajstić information content (AvgIpc) is 2.09. The summed E-state index contributed by atoms with van der Waals surface area (Å²) in [5.41, 5.74) is 3.41. The van der Waals surface area contributed by atoms with E-state index < -0.39 is 0 Å². The van der Waals surface area contributed by atoms with Crippen LogP contribution >= 0.6 is 12.2 Å². The second-order valence-corrected chi connectivity index (χ2v) is 2.86. The zero-order valence-corrected chi connectivity index (χ0v) is 8.11. The van der Waals surface area contributed by atoms with E-state index in [-0.39, 0.29) is 0 Å². The van der Waals surface area contributed by atoms with E-state index in [4.69, 9.17) is 0 Å². The van der Waals surface area contributed by atoms with Crippen LogP contribution in [0.4, 0.5) is 5.69 Å². The number of nitrogens with zero attached hydrogens (tertiary/aromatic N) is 1. The lowest BCUT2D eigenvalue weighted by Crippen LogP contribution is -1.81. The van der Waals surface area contributed by atoms with Gasteiger partial charge in [-0.2, -0.15) is 4.99 Å². The van der Waals surface area contributed by atoms with Crippen LogP contribution in [0.2, 0.25) is 0 Å². The Morgan fingerprint density at radius 1 is 1.50 bits per heavy atom. The number of hydrogen-bond acceptors (Lipinski definition) is 2. The highest BCUT2D eigenvalue weighted by Crippen LogP contribution is 2.19. The summed E-state index contributed by atoms with van der Waals surface area (Å²) < 4.78 is 0. The Morgan fingerprint density at radius 2 is 2.25 bits per heavy atom. The average molecular weight is 177 g/mol. The summed E-state index contributed by atoms with van der Waals surface area (Å²) in [6, 6.07) is 6.18. The van der Waals surface area contributed by atoms with Crippen LogP contribution in [0.15, 0.2) is 23.2 Å². The van der Waals surface area contributed by atoms with Crippen molar-refractivity contribution < 1.29 is 0 Å². The lowest BCUT2D eigenvalue weighted by atomic mass is 10.1. The van der Waals surface area contributed by atoms with Crippen molar-refractivity contribution in [2.75, 3.05) is 0 Å². The first kappa shape index (κ1) is 9.11. The van der Waals surface area contributed by atoms with Crippen molar-refractivity contribution in [1.82, 2.24) is 0 Å². The molecule has 0 unspecified atom stereocenters. The van der Waals surface area contributed by atoms with Gasteiger partial charge in [-0.25, -0.2) is 0 Å². The van der Waals surface area contributed by atoms with Crippen LogP contribution in [-0.2, 0) is 6.42 Å². The molecule has 1 aromatic carbocycles. The number of isothiocyanates is 1. The van der Waals surface area contributed by atoms with Crippen molar-refractivity contribution in [2.24, 2.45) is 4.99 Å². The first-order chi connectivity index (χ1) is 5.77. The standard InChI is InChI=1S/C10H11NS/c1-3-9-4-5-10(11-7-12)8(2)6-9/h4-6H,3H2,1-2H3. The quantitative estimate of drug-likeness (QED) is 0.499. The summed E-state index contributed by atoms with van der Waals surface area (Å²) in [7, 11) is 0. The summed E-state index contributed by atoms with van der Waals surface area (Å²) in [4.78, 5) is 3.95. The fraction of sp³-hybridized carbons (Fsp3) is 0.300. The summed E-state index contributed by atoms with van der Waals surface area (Å²) in [5, 5.41) is 2.37. The predicted octanol–water partition coefficient (Wildman–Crippen LogP) is 3.29. The summed E-state index contributed by atoms with van der Waals surface area (Å²) in [6.07, 6.45) is 1.06. The molecule has 0 N–H and O–H groups in total. The van der Waals surface area contributed by atoms with Crippen molar-refractivity contribution in [3.05, 3.63) is 29.3 Å². The molecule has 0 saturated carbocycles. The minimum absolute atomic E-state index is 0.919. The van der Waals surface area contributed by atoms with Gasteiger partial charge in [-0.15, -0.1) is 0 Å². The molecule has 62 valence electrons. The van der Waals surface area contributed by atoms with Crippen molar-refractivity contribution in [1.29, 1.82) is 0 Å². The van der Waals surface area contributed by atoms with Crippen LogP contribution in [0, 0.1) is 6.92 Å². The van der Waals surface area contributed by atoms with Gasteiger partial charge < -0.3 is 0 Å². The first-order valence-corrected chi connectivity index (χ1v) is 4.36. The van der Waals surface area contributed by atoms with Gasteiger partial charge in [0, 0.05) is 0 Å². The Bertz CT molecular complexity index is 325. The number of benzene rings is 1. The molecular weight excluding hydrogens is 166 g/mol. The third kappa shape index (κ3) is 2.00. The van der Waals surface area contributed by atoms with E-state index in [9.17, 15) is 0 Å². The van der Waals surface area contributed by atoms with Gasteiger partial charge in [0.1, 0.15) is 0 Å². The zero-order chi connectivity index (χ0) is 8.97. The molecular formula is C10H11NS. The van der Waals surface area contributed by atoms with Crippen LogP contribution in [0.5, 0.6) is 0 Å². The van der Waals surface area contributed by atoms with Crippen molar-refractivity contribution in [3.8, 4) is 0 Å². The number of aryl methyl sites for hydroxylation is 2. The van der Waals surface area contributed by atoms with Gasteiger partial charge in [0.05, 0.1) is 10.8 Å². The normalized spacial score (nSPS) is 9.17. The van der Waals surface area contributed by atoms with Crippen molar-refractivity contribution >= 4 is 23.1 Å². The summed E-state index contributed by atoms with van der Waals surface area (Å²) in [6.45, 7) is 4.17. The molecule has 0 aromatic heterocycles. The molecule has 12 heavy (non-hydrogen) atoms. The van der Waals surface area contributed by atoms with E-state index in [1.54, 1.807) is 0 Å². The van der Waals surface area contributed by atoms with E-state index >= 15 is 0 Å². The minimum Gasteiger partial charge on any atom is -0.194 e. The molecule has 0 aliphatic heterocycles. The second kappa shape index (κ2) is 4.15. The highest BCUT2D eigenvalue weighted by atomic mass is 32.1. The molecule has 0 atom stereocenters. The monoisotopic (exact) mass is 177 g/mol. The number of aliphatic imine (C=N–C) groups is 1. The van der Waals surface area contributed by atoms with Gasteiger partial charge in [0.2, 0.25) is 0 Å². The lowest BCUT2D eigenvalue weighted by Gasteiger charge is -2.00. The molecule has 2 heteroatoms. The smallest absolute Gasteiger partial charge is 0.0768 e. The molecule has 0 spiro atoms. The van der Waals surface area contributed by atoms with Gasteiger partial charge in [0.25, 0.3) is 0 Å². The van der Waals surface area contributed by atoms with Crippen LogP contribution in [0.25, 0.3) is 0 Å². The molecule has 0 saturated heterocycles. The fourth-order valence-electron chi connectivity index (χ4n) is 1.11. The Morgan fingerprint density at radius 3 is 2.75 bits per heavy atom. The Hall–Kier alpha value is -0.980. The molecule has 0 aliphatic rings. The van der Waals surface area contributed by atoms with E-state index in [1.807, 2.05) is 13.0 Å². The molecule has 1 rings (SSSR count). The van der Waals surface area contributed by atoms with Crippen molar-refractivity contribution in [2.45, 2.75) is 20.3 Å². The van der Waals surface area contributed by atoms with E-state index in [2.05, 4.69) is 41.4 Å². The first-order valence-electron chi connectivity index (χ1n) is 3.95. The van der Waals surface area contributed by atoms with Crippen LogP contribution < -0.4 is 0 Å². The molecule has 0 heterocycles. The largest absolute Gasteiger partial charge is 0.194 e. The number of hydrogen-bond donors (Lipinski definition) is 0. The van der Waals surface area contributed by atoms with Crippen LogP contribution in [0.3, 0.4) is 0 Å². The lowest BCUT2D eigenvalue weighted by molar-refractivity contribution is 1.13. The van der Waals surface area contributed by atoms with Gasteiger partial charge in [-0.05, 0) is 42.8 Å². The number of thiocarbonyl (C=S) groups is 1. The third-order valence-electron chi connectivity index (χ3n) is 1.84. The molecule has 0 amide bonds. The predicted molar refractivity (Wildman–Crippen MR) is 55.2 cm³/mol. The number of rotatable bonds is 2. The topological polar surface area (TPSA) is 12.4 Å². The molecule has 0 radical (unpaired) electrons. The van der Waals surface area contributed by atoms with E-state index in [1.165, 1.54) is 5.56 Å². The molecule has 0 aliphatic carbocycles. The maximum absolute atomic E-state index is 4.54. The van der Waals surface area contributed by atoms with E-state index in [0.29, 0.717) is 0 Å². The van der Waals surface area contributed by atoms with Crippen LogP contribution in [0.1, 0.15) is 18.1 Å². The Kier molecular flexibility index (Phi) is 3.15. The van der Waals surface area contributed by atoms with Crippen LogP contribution in [-0.4, -0.2) is 5.16 Å². The summed E-state index contributed by atoms with van der Waals surface area (Å²) in [5.74, 6) is 0. The molecule has 1 aromatic rings. The molecule has 0 fully saturated rings. The summed E-state index contributed by atoms with van der Waals surface area (Å²) >= 11 is 4.54. The van der Waals surface area contributed by atoms with Crippen molar-refractivity contribution in [3.63, 3.8) is 0 Å². The minimum atomic E-state index is 0.919. The maximum atomic E-state index is 4.54. The van der Waals surface area contributed by atoms with Gasteiger partial charge >= 0.3 is 0 Å². The SMILES string of the molecule is CCc1ccc(N=C=S)c(C)c1. The van der Waals surface area contributed by atoms with Gasteiger partial charge in [-0.1, -0.05) is 19.1 Å². The molecule has 0 bridgehead atoms. The van der Waals surface area contributed by atoms with E-state index in [0.717, 1.165) is 17.7 Å². The zero-order valence-electron chi connectivity index (χ0n) is 7.29.